The summed E-state index contributed by atoms with van der Waals surface area (Å²) >= 11 is 0. The molecule has 90 valence electrons. The first-order valence-corrected chi connectivity index (χ1v) is 5.38. The van der Waals surface area contributed by atoms with Gasteiger partial charge in [0.1, 0.15) is 0 Å². The van der Waals surface area contributed by atoms with Crippen LogP contribution >= 0.6 is 0 Å². The van der Waals surface area contributed by atoms with Crippen molar-refractivity contribution in [1.29, 1.82) is 0 Å². The van der Waals surface area contributed by atoms with Crippen molar-refractivity contribution in [3.05, 3.63) is 11.8 Å². The maximum Gasteiger partial charge on any atom is 0.327 e. The Morgan fingerprint density at radius 1 is 1.50 bits per heavy atom. The molecule has 0 unspecified atom stereocenters. The molecular formula is C11H19N3O2. The van der Waals surface area contributed by atoms with Gasteiger partial charge in [0.15, 0.2) is 0 Å². The van der Waals surface area contributed by atoms with Gasteiger partial charge in [-0.25, -0.2) is 0 Å². The number of nitrogens with one attached hydrogen (secondary N) is 2. The second-order valence-electron chi connectivity index (χ2n) is 5.11. The molecule has 16 heavy (non-hydrogen) atoms. The van der Waals surface area contributed by atoms with E-state index >= 15 is 0 Å². The number of primary amides is 1. The number of hydrazine groups is 1. The lowest BCUT2D eigenvalue weighted by atomic mass is 9.76. The van der Waals surface area contributed by atoms with Crippen LogP contribution in [0.15, 0.2) is 11.8 Å². The van der Waals surface area contributed by atoms with Crippen molar-refractivity contribution < 1.29 is 9.59 Å². The van der Waals surface area contributed by atoms with Gasteiger partial charge < -0.3 is 11.2 Å². The molecule has 0 heterocycles. The first kappa shape index (κ1) is 12.5. The summed E-state index contributed by atoms with van der Waals surface area (Å²) < 4.78 is 0. The van der Waals surface area contributed by atoms with Crippen molar-refractivity contribution in [3.8, 4) is 0 Å². The lowest BCUT2D eigenvalue weighted by molar-refractivity contribution is -0.137. The molecule has 0 saturated carbocycles. The maximum atomic E-state index is 11.0. The molecule has 1 atom stereocenters. The number of carbonyl (C=O) groups is 2. The molecule has 5 nitrogen and oxygen atoms in total. The lowest BCUT2D eigenvalue weighted by Crippen LogP contribution is -2.45. The number of allylic oxidation sites excluding steroid dienone is 2. The zero-order valence-electron chi connectivity index (χ0n) is 9.96. The van der Waals surface area contributed by atoms with Gasteiger partial charge >= 0.3 is 11.8 Å². The molecule has 1 rings (SSSR count). The second kappa shape index (κ2) is 4.55. The molecule has 0 bridgehead atoms. The van der Waals surface area contributed by atoms with Crippen molar-refractivity contribution in [2.45, 2.75) is 33.6 Å². The monoisotopic (exact) mass is 225 g/mol. The third-order valence-electron chi connectivity index (χ3n) is 2.57. The van der Waals surface area contributed by atoms with E-state index in [1.54, 1.807) is 0 Å². The van der Waals surface area contributed by atoms with Gasteiger partial charge in [0.2, 0.25) is 0 Å². The fraction of sp³-hybridized carbons (Fsp3) is 0.636. The lowest BCUT2D eigenvalue weighted by Gasteiger charge is -2.32. The van der Waals surface area contributed by atoms with Crippen molar-refractivity contribution in [2.24, 2.45) is 17.1 Å². The van der Waals surface area contributed by atoms with Crippen LogP contribution in [0.2, 0.25) is 0 Å². The first-order chi connectivity index (χ1) is 7.30. The van der Waals surface area contributed by atoms with E-state index < -0.39 is 11.8 Å². The Morgan fingerprint density at radius 3 is 2.62 bits per heavy atom. The Morgan fingerprint density at radius 2 is 2.12 bits per heavy atom. The Labute approximate surface area is 95.4 Å². The summed E-state index contributed by atoms with van der Waals surface area (Å²) in [6.45, 7) is 6.44. The number of amides is 2. The number of hydrogen-bond acceptors (Lipinski definition) is 3. The minimum atomic E-state index is -0.990. The summed E-state index contributed by atoms with van der Waals surface area (Å²) in [5.41, 5.74) is 10.9. The standard InChI is InChI=1S/C11H19N3O2/c1-7-4-8(6-11(2,3)5-7)13-14-10(16)9(12)15/h6-7,13H,4-5H2,1-3H3,(H2,12,15)(H,14,16)/t7-/m1/s1. The molecule has 4 N–H and O–H groups in total. The highest BCUT2D eigenvalue weighted by atomic mass is 16.2. The van der Waals surface area contributed by atoms with E-state index in [-0.39, 0.29) is 5.41 Å². The fourth-order valence-electron chi connectivity index (χ4n) is 2.22. The van der Waals surface area contributed by atoms with Gasteiger partial charge in [-0.05, 0) is 24.2 Å². The third kappa shape index (κ3) is 3.56. The zero-order chi connectivity index (χ0) is 12.3. The van der Waals surface area contributed by atoms with Crippen LogP contribution in [0.4, 0.5) is 0 Å². The van der Waals surface area contributed by atoms with Crippen LogP contribution in [0, 0.1) is 11.3 Å². The van der Waals surface area contributed by atoms with E-state index in [2.05, 4.69) is 37.7 Å². The Hall–Kier alpha value is -1.52. The number of carbonyl (C=O) groups excluding carboxylic acids is 2. The van der Waals surface area contributed by atoms with Gasteiger partial charge in [-0.2, -0.15) is 0 Å². The molecule has 2 amide bonds. The van der Waals surface area contributed by atoms with Gasteiger partial charge in [-0.3, -0.25) is 15.0 Å². The average Bonchev–Trinajstić information content (AvgIpc) is 2.10. The molecule has 1 aliphatic carbocycles. The van der Waals surface area contributed by atoms with E-state index in [0.717, 1.165) is 18.5 Å². The normalized spacial score (nSPS) is 23.2. The quantitative estimate of drug-likeness (QED) is 0.471. The predicted molar refractivity (Wildman–Crippen MR) is 60.7 cm³/mol. The van der Waals surface area contributed by atoms with Crippen LogP contribution in [0.3, 0.4) is 0 Å². The Bertz CT molecular complexity index is 334. The molecule has 0 radical (unpaired) electrons. The Balaban J connectivity index is 2.57. The minimum Gasteiger partial charge on any atom is -0.361 e. The smallest absolute Gasteiger partial charge is 0.327 e. The number of nitrogens with two attached hydrogens (primary N) is 1. The van der Waals surface area contributed by atoms with Gasteiger partial charge in [-0.15, -0.1) is 0 Å². The van der Waals surface area contributed by atoms with Crippen LogP contribution in [0.1, 0.15) is 33.6 Å². The third-order valence-corrected chi connectivity index (χ3v) is 2.57. The van der Waals surface area contributed by atoms with E-state index in [4.69, 9.17) is 5.73 Å². The largest absolute Gasteiger partial charge is 0.361 e. The maximum absolute atomic E-state index is 11.0. The summed E-state index contributed by atoms with van der Waals surface area (Å²) in [5.74, 6) is -1.26. The molecule has 0 fully saturated rings. The first-order valence-electron chi connectivity index (χ1n) is 5.38. The van der Waals surface area contributed by atoms with Crippen LogP contribution < -0.4 is 16.6 Å². The van der Waals surface area contributed by atoms with E-state index in [9.17, 15) is 9.59 Å². The molecule has 0 aliphatic heterocycles. The van der Waals surface area contributed by atoms with Crippen LogP contribution in [0.5, 0.6) is 0 Å². The fourth-order valence-corrected chi connectivity index (χ4v) is 2.22. The summed E-state index contributed by atoms with van der Waals surface area (Å²) in [5, 5.41) is 0. The highest BCUT2D eigenvalue weighted by Crippen LogP contribution is 2.35. The second-order valence-corrected chi connectivity index (χ2v) is 5.11. The van der Waals surface area contributed by atoms with Crippen LogP contribution in [0.25, 0.3) is 0 Å². The highest BCUT2D eigenvalue weighted by Gasteiger charge is 2.25. The molecule has 0 aromatic heterocycles. The molecule has 5 heteroatoms. The van der Waals surface area contributed by atoms with E-state index in [1.807, 2.05) is 0 Å². The average molecular weight is 225 g/mol. The molecule has 0 aromatic rings. The van der Waals surface area contributed by atoms with Crippen LogP contribution in [-0.2, 0) is 9.59 Å². The van der Waals surface area contributed by atoms with Crippen molar-refractivity contribution in [3.63, 3.8) is 0 Å². The van der Waals surface area contributed by atoms with Crippen LogP contribution in [-0.4, -0.2) is 11.8 Å². The van der Waals surface area contributed by atoms with Gasteiger partial charge in [0.25, 0.3) is 0 Å². The zero-order valence-corrected chi connectivity index (χ0v) is 9.96. The van der Waals surface area contributed by atoms with Crippen molar-refractivity contribution >= 4 is 11.8 Å². The Kier molecular flexibility index (Phi) is 3.57. The van der Waals surface area contributed by atoms with E-state index in [0.29, 0.717) is 5.92 Å². The van der Waals surface area contributed by atoms with Gasteiger partial charge in [0.05, 0.1) is 0 Å². The SMILES string of the molecule is C[C@@H]1CC(NNC(=O)C(N)=O)=CC(C)(C)C1. The summed E-state index contributed by atoms with van der Waals surface area (Å²) in [4.78, 5) is 21.5. The molecular weight excluding hydrogens is 206 g/mol. The molecule has 0 spiro atoms. The molecule has 1 aliphatic rings. The summed E-state index contributed by atoms with van der Waals surface area (Å²) in [7, 11) is 0. The summed E-state index contributed by atoms with van der Waals surface area (Å²) in [6, 6.07) is 0. The minimum absolute atomic E-state index is 0.109. The molecule has 0 aromatic carbocycles. The molecule has 0 saturated heterocycles. The van der Waals surface area contributed by atoms with Gasteiger partial charge in [0, 0.05) is 5.70 Å². The predicted octanol–water partition coefficient (Wildman–Crippen LogP) is 0.432. The van der Waals surface area contributed by atoms with Crippen molar-refractivity contribution in [2.75, 3.05) is 0 Å². The number of rotatable bonds is 2. The van der Waals surface area contributed by atoms with Crippen molar-refractivity contribution in [1.82, 2.24) is 10.9 Å². The van der Waals surface area contributed by atoms with Gasteiger partial charge in [-0.1, -0.05) is 26.8 Å². The summed E-state index contributed by atoms with van der Waals surface area (Å²) in [6.07, 6.45) is 4.05. The number of hydrogen-bond donors (Lipinski definition) is 3. The topological polar surface area (TPSA) is 84.2 Å². The van der Waals surface area contributed by atoms with E-state index in [1.165, 1.54) is 0 Å². The highest BCUT2D eigenvalue weighted by molar-refractivity contribution is 6.34.